The quantitative estimate of drug-likeness (QED) is 0.782. The molecule has 0 aromatic heterocycles. The smallest absolute Gasteiger partial charge is 0.387 e. The Morgan fingerprint density at radius 2 is 1.77 bits per heavy atom. The average molecular weight is 366 g/mol. The van der Waals surface area contributed by atoms with E-state index >= 15 is 0 Å². The Morgan fingerprint density at radius 3 is 2.38 bits per heavy atom. The van der Waals surface area contributed by atoms with E-state index in [0.29, 0.717) is 18.4 Å². The molecule has 0 unspecified atom stereocenters. The van der Waals surface area contributed by atoms with Crippen molar-refractivity contribution in [1.82, 2.24) is 10.2 Å². The summed E-state index contributed by atoms with van der Waals surface area (Å²) in [6.45, 7) is -3.34. The Balaban J connectivity index is 1.58. The minimum Gasteiger partial charge on any atom is -0.434 e. The average Bonchev–Trinajstić information content (AvgIpc) is 2.86. The zero-order valence-electron chi connectivity index (χ0n) is 14.1. The number of hydrogen-bond acceptors (Lipinski definition) is 4. The number of benzene rings is 1. The summed E-state index contributed by atoms with van der Waals surface area (Å²) in [5, 5.41) is 2.55. The highest BCUT2D eigenvalue weighted by atomic mass is 19.3. The maximum Gasteiger partial charge on any atom is 0.387 e. The minimum atomic E-state index is -2.96. The van der Waals surface area contributed by atoms with Crippen LogP contribution in [0.1, 0.15) is 31.2 Å². The van der Waals surface area contributed by atoms with E-state index in [2.05, 4.69) is 10.1 Å². The van der Waals surface area contributed by atoms with Crippen LogP contribution in [0.4, 0.5) is 8.78 Å². The number of nitrogens with one attached hydrogen (secondary N) is 1. The molecule has 1 aliphatic carbocycles. The Bertz CT molecular complexity index is 686. The van der Waals surface area contributed by atoms with Gasteiger partial charge < -0.3 is 10.1 Å². The summed E-state index contributed by atoms with van der Waals surface area (Å²) in [5.41, 5.74) is 0.383. The minimum absolute atomic E-state index is 0.0258. The SMILES string of the molecule is O=C(CN1C(=O)[C@H]2CCCC[C@@H]2C1=O)NCc1ccccc1OC(F)F. The van der Waals surface area contributed by atoms with E-state index in [1.54, 1.807) is 18.2 Å². The van der Waals surface area contributed by atoms with E-state index in [4.69, 9.17) is 0 Å². The third kappa shape index (κ3) is 3.84. The Labute approximate surface area is 149 Å². The van der Waals surface area contributed by atoms with Crippen molar-refractivity contribution in [3.63, 3.8) is 0 Å². The zero-order chi connectivity index (χ0) is 18.7. The molecule has 140 valence electrons. The van der Waals surface area contributed by atoms with Crippen molar-refractivity contribution >= 4 is 17.7 Å². The predicted octanol–water partition coefficient (Wildman–Crippen LogP) is 2.08. The molecule has 1 saturated carbocycles. The molecule has 26 heavy (non-hydrogen) atoms. The third-order valence-electron chi connectivity index (χ3n) is 4.90. The molecular formula is C18H20F2N2O4. The number of amides is 3. The number of ether oxygens (including phenoxy) is 1. The van der Waals surface area contributed by atoms with Gasteiger partial charge in [-0.15, -0.1) is 0 Å². The molecule has 1 aliphatic heterocycles. The van der Waals surface area contributed by atoms with E-state index < -0.39 is 12.5 Å². The topological polar surface area (TPSA) is 75.7 Å². The summed E-state index contributed by atoms with van der Waals surface area (Å²) in [5.74, 6) is -1.71. The second kappa shape index (κ2) is 7.80. The van der Waals surface area contributed by atoms with Crippen LogP contribution < -0.4 is 10.1 Å². The van der Waals surface area contributed by atoms with Crippen molar-refractivity contribution in [2.24, 2.45) is 11.8 Å². The van der Waals surface area contributed by atoms with E-state index in [0.717, 1.165) is 17.7 Å². The summed E-state index contributed by atoms with van der Waals surface area (Å²) < 4.78 is 29.2. The molecule has 2 fully saturated rings. The van der Waals surface area contributed by atoms with Crippen LogP contribution in [-0.4, -0.2) is 35.8 Å². The number of likely N-dealkylation sites (tertiary alicyclic amines) is 1. The Kier molecular flexibility index (Phi) is 5.49. The van der Waals surface area contributed by atoms with E-state index in [9.17, 15) is 23.2 Å². The van der Waals surface area contributed by atoms with Gasteiger partial charge in [-0.1, -0.05) is 31.0 Å². The van der Waals surface area contributed by atoms with Gasteiger partial charge in [-0.05, 0) is 18.9 Å². The van der Waals surface area contributed by atoms with Gasteiger partial charge >= 0.3 is 6.61 Å². The highest BCUT2D eigenvalue weighted by molar-refractivity contribution is 6.07. The number of alkyl halides is 2. The summed E-state index contributed by atoms with van der Waals surface area (Å²) in [7, 11) is 0. The highest BCUT2D eigenvalue weighted by Gasteiger charge is 2.48. The normalized spacial score (nSPS) is 22.5. The van der Waals surface area contributed by atoms with Gasteiger partial charge in [0.05, 0.1) is 11.8 Å². The second-order valence-corrected chi connectivity index (χ2v) is 6.52. The first kappa shape index (κ1) is 18.3. The molecule has 3 amide bonds. The monoisotopic (exact) mass is 366 g/mol. The van der Waals surface area contributed by atoms with Gasteiger partial charge in [-0.2, -0.15) is 8.78 Å². The number of halogens is 2. The summed E-state index contributed by atoms with van der Waals surface area (Å²) in [4.78, 5) is 37.9. The molecule has 2 atom stereocenters. The first-order chi connectivity index (χ1) is 12.5. The summed E-state index contributed by atoms with van der Waals surface area (Å²) in [6.07, 6.45) is 3.21. The van der Waals surface area contributed by atoms with Crippen LogP contribution in [0.5, 0.6) is 5.75 Å². The van der Waals surface area contributed by atoms with Crippen molar-refractivity contribution in [3.8, 4) is 5.75 Å². The van der Waals surface area contributed by atoms with Crippen LogP contribution in [0.2, 0.25) is 0 Å². The fraction of sp³-hybridized carbons (Fsp3) is 0.500. The zero-order valence-corrected chi connectivity index (χ0v) is 14.1. The van der Waals surface area contributed by atoms with Crippen LogP contribution in [0, 0.1) is 11.8 Å². The predicted molar refractivity (Wildman–Crippen MR) is 87.1 cm³/mol. The Hall–Kier alpha value is -2.51. The summed E-state index contributed by atoms with van der Waals surface area (Å²) >= 11 is 0. The molecule has 0 bridgehead atoms. The molecule has 8 heteroatoms. The number of imide groups is 1. The largest absolute Gasteiger partial charge is 0.434 e. The van der Waals surface area contributed by atoms with Crippen molar-refractivity contribution in [3.05, 3.63) is 29.8 Å². The van der Waals surface area contributed by atoms with Crippen LogP contribution >= 0.6 is 0 Å². The maximum atomic E-state index is 12.4. The maximum absolute atomic E-state index is 12.4. The van der Waals surface area contributed by atoms with Crippen molar-refractivity contribution < 1.29 is 27.9 Å². The number of nitrogens with zero attached hydrogens (tertiary/aromatic N) is 1. The van der Waals surface area contributed by atoms with E-state index in [1.807, 2.05) is 0 Å². The lowest BCUT2D eigenvalue weighted by atomic mass is 9.81. The van der Waals surface area contributed by atoms with Gasteiger partial charge in [0.2, 0.25) is 17.7 Å². The molecule has 3 rings (SSSR count). The third-order valence-corrected chi connectivity index (χ3v) is 4.90. The second-order valence-electron chi connectivity index (χ2n) is 6.52. The lowest BCUT2D eigenvalue weighted by Gasteiger charge is -2.19. The number of carbonyl (C=O) groups is 3. The molecular weight excluding hydrogens is 346 g/mol. The van der Waals surface area contributed by atoms with Gasteiger partial charge in [-0.25, -0.2) is 0 Å². The Morgan fingerprint density at radius 1 is 1.15 bits per heavy atom. The van der Waals surface area contributed by atoms with Crippen LogP contribution in [-0.2, 0) is 20.9 Å². The molecule has 1 aromatic carbocycles. The number of carbonyl (C=O) groups excluding carboxylic acids is 3. The fourth-order valence-corrected chi connectivity index (χ4v) is 3.64. The number of rotatable bonds is 6. The number of para-hydroxylation sites is 1. The van der Waals surface area contributed by atoms with Crippen molar-refractivity contribution in [2.45, 2.75) is 38.8 Å². The van der Waals surface area contributed by atoms with E-state index in [-0.39, 0.29) is 42.5 Å². The van der Waals surface area contributed by atoms with Gasteiger partial charge in [0.15, 0.2) is 0 Å². The van der Waals surface area contributed by atoms with Gasteiger partial charge in [0.1, 0.15) is 12.3 Å². The lowest BCUT2D eigenvalue weighted by molar-refractivity contribution is -0.143. The molecule has 1 N–H and O–H groups in total. The molecule has 6 nitrogen and oxygen atoms in total. The number of hydrogen-bond donors (Lipinski definition) is 1. The summed E-state index contributed by atoms with van der Waals surface area (Å²) in [6, 6.07) is 6.12. The van der Waals surface area contributed by atoms with Gasteiger partial charge in [-0.3, -0.25) is 19.3 Å². The first-order valence-corrected chi connectivity index (χ1v) is 8.62. The number of fused-ring (bicyclic) bond motifs is 1. The molecule has 2 aliphatic rings. The van der Waals surface area contributed by atoms with Crippen LogP contribution in [0.25, 0.3) is 0 Å². The lowest BCUT2D eigenvalue weighted by Crippen LogP contribution is -2.40. The van der Waals surface area contributed by atoms with Crippen LogP contribution in [0.3, 0.4) is 0 Å². The van der Waals surface area contributed by atoms with E-state index in [1.165, 1.54) is 6.07 Å². The highest BCUT2D eigenvalue weighted by Crippen LogP contribution is 2.37. The molecule has 1 heterocycles. The van der Waals surface area contributed by atoms with Crippen molar-refractivity contribution in [1.29, 1.82) is 0 Å². The first-order valence-electron chi connectivity index (χ1n) is 8.62. The molecule has 0 spiro atoms. The van der Waals surface area contributed by atoms with Gasteiger partial charge in [0.25, 0.3) is 0 Å². The standard InChI is InChI=1S/C18H20F2N2O4/c19-18(20)26-14-8-4-1-5-11(14)9-21-15(23)10-22-16(24)12-6-2-3-7-13(12)17(22)25/h1,4-5,8,12-13,18H,2-3,6-7,9-10H2,(H,21,23)/t12-,13-/m0/s1. The van der Waals surface area contributed by atoms with Crippen molar-refractivity contribution in [2.75, 3.05) is 6.54 Å². The molecule has 0 radical (unpaired) electrons. The molecule has 1 saturated heterocycles. The van der Waals surface area contributed by atoms with Gasteiger partial charge in [0, 0.05) is 12.1 Å². The molecule has 1 aromatic rings. The fourth-order valence-electron chi connectivity index (χ4n) is 3.64. The van der Waals surface area contributed by atoms with Crippen LogP contribution in [0.15, 0.2) is 24.3 Å².